The first-order valence-corrected chi connectivity index (χ1v) is 13.1. The number of likely N-dealkylation sites (tertiary alicyclic amines) is 1. The van der Waals surface area contributed by atoms with Gasteiger partial charge < -0.3 is 15.2 Å². The standard InChI is InChI=1S/C29H27N3O6/c33-21-9-6-19-15-23-29(30-24(35)10-5-17-3-7-20(8-4-17)32(36)37)12-11-22(34)27-28(29,25(19)26(21)38-27)13-14-31(23)16-18-1-2-18/h3-12,18,23,27,33H,1-2,13-16H2,(H,30,35)/b10-5+/t23-,27+,28+,29-/m1/s1. The van der Waals surface area contributed by atoms with Crippen molar-refractivity contribution >= 4 is 23.5 Å². The van der Waals surface area contributed by atoms with E-state index in [1.165, 1.54) is 37.1 Å². The molecule has 2 aliphatic heterocycles. The monoisotopic (exact) mass is 513 g/mol. The number of amides is 1. The molecule has 3 aliphatic carbocycles. The minimum Gasteiger partial charge on any atom is -0.504 e. The maximum absolute atomic E-state index is 13.5. The molecular weight excluding hydrogens is 486 g/mol. The van der Waals surface area contributed by atoms with Crippen LogP contribution in [0.2, 0.25) is 0 Å². The molecule has 38 heavy (non-hydrogen) atoms. The quantitative estimate of drug-likeness (QED) is 0.346. The Kier molecular flexibility index (Phi) is 4.88. The minimum absolute atomic E-state index is 0.0116. The van der Waals surface area contributed by atoms with Gasteiger partial charge in [-0.2, -0.15) is 0 Å². The maximum atomic E-state index is 13.5. The second-order valence-electron chi connectivity index (χ2n) is 11.1. The molecule has 0 aromatic heterocycles. The van der Waals surface area contributed by atoms with Gasteiger partial charge in [0.1, 0.15) is 0 Å². The van der Waals surface area contributed by atoms with Gasteiger partial charge in [0.25, 0.3) is 5.69 Å². The molecule has 9 heteroatoms. The predicted molar refractivity (Wildman–Crippen MR) is 138 cm³/mol. The van der Waals surface area contributed by atoms with Crippen molar-refractivity contribution in [2.75, 3.05) is 13.1 Å². The molecule has 1 saturated heterocycles. The van der Waals surface area contributed by atoms with E-state index in [4.69, 9.17) is 4.74 Å². The van der Waals surface area contributed by atoms with Crippen LogP contribution in [0.4, 0.5) is 5.69 Å². The Morgan fingerprint density at radius 1 is 1.24 bits per heavy atom. The van der Waals surface area contributed by atoms with Gasteiger partial charge >= 0.3 is 0 Å². The van der Waals surface area contributed by atoms with Gasteiger partial charge in [0.2, 0.25) is 5.91 Å². The van der Waals surface area contributed by atoms with Crippen LogP contribution in [-0.2, 0) is 21.4 Å². The topological polar surface area (TPSA) is 122 Å². The average Bonchev–Trinajstić information content (AvgIpc) is 3.65. The number of carbonyl (C=O) groups excluding carboxylic acids is 2. The van der Waals surface area contributed by atoms with Crippen molar-refractivity contribution in [2.45, 2.75) is 48.8 Å². The first kappa shape index (κ1) is 23.2. The summed E-state index contributed by atoms with van der Waals surface area (Å²) in [6.45, 7) is 1.73. The fourth-order valence-corrected chi connectivity index (χ4v) is 7.26. The third kappa shape index (κ3) is 3.14. The fourth-order valence-electron chi connectivity index (χ4n) is 7.26. The number of phenols is 1. The lowest BCUT2D eigenvalue weighted by molar-refractivity contribution is -0.384. The second kappa shape index (κ2) is 8.01. The summed E-state index contributed by atoms with van der Waals surface area (Å²) < 4.78 is 6.22. The first-order valence-electron chi connectivity index (χ1n) is 13.1. The molecule has 9 nitrogen and oxygen atoms in total. The van der Waals surface area contributed by atoms with E-state index in [0.717, 1.165) is 24.2 Å². The molecule has 2 heterocycles. The molecule has 194 valence electrons. The molecule has 0 radical (unpaired) electrons. The summed E-state index contributed by atoms with van der Waals surface area (Å²) in [5.41, 5.74) is 0.832. The van der Waals surface area contributed by atoms with Crippen LogP contribution in [0.1, 0.15) is 36.0 Å². The van der Waals surface area contributed by atoms with E-state index in [-0.39, 0.29) is 29.2 Å². The van der Waals surface area contributed by atoms with E-state index < -0.39 is 22.0 Å². The zero-order chi connectivity index (χ0) is 26.2. The van der Waals surface area contributed by atoms with Gasteiger partial charge in [-0.1, -0.05) is 12.1 Å². The third-order valence-electron chi connectivity index (χ3n) is 9.08. The highest BCUT2D eigenvalue weighted by atomic mass is 16.6. The average molecular weight is 514 g/mol. The van der Waals surface area contributed by atoms with Crippen molar-refractivity contribution in [1.82, 2.24) is 10.2 Å². The van der Waals surface area contributed by atoms with E-state index in [1.807, 2.05) is 12.1 Å². The van der Waals surface area contributed by atoms with Crippen molar-refractivity contribution in [2.24, 2.45) is 5.92 Å². The molecule has 4 atom stereocenters. The number of ether oxygens (including phenoxy) is 1. The second-order valence-corrected chi connectivity index (χ2v) is 11.1. The summed E-state index contributed by atoms with van der Waals surface area (Å²) >= 11 is 0. The number of nitro benzene ring substituents is 1. The highest BCUT2D eigenvalue weighted by Gasteiger charge is 2.72. The number of hydrogen-bond donors (Lipinski definition) is 2. The van der Waals surface area contributed by atoms with Crippen LogP contribution in [0.5, 0.6) is 11.5 Å². The Hall–Kier alpha value is -3.98. The molecule has 1 amide bonds. The van der Waals surface area contributed by atoms with E-state index in [0.29, 0.717) is 30.1 Å². The number of piperidine rings is 1. The molecule has 5 aliphatic rings. The van der Waals surface area contributed by atoms with Crippen LogP contribution in [-0.4, -0.2) is 57.4 Å². The highest BCUT2D eigenvalue weighted by Crippen LogP contribution is 2.63. The van der Waals surface area contributed by atoms with Gasteiger partial charge in [0, 0.05) is 36.4 Å². The number of benzene rings is 2. The summed E-state index contributed by atoms with van der Waals surface area (Å²) in [4.78, 5) is 39.7. The largest absolute Gasteiger partial charge is 0.504 e. The number of nitro groups is 1. The number of aromatic hydroxyl groups is 1. The fraction of sp³-hybridized carbons (Fsp3) is 0.379. The summed E-state index contributed by atoms with van der Waals surface area (Å²) in [5, 5.41) is 25.0. The van der Waals surface area contributed by atoms with Gasteiger partial charge in [-0.05, 0) is 79.6 Å². The Labute approximate surface area is 218 Å². The van der Waals surface area contributed by atoms with Crippen molar-refractivity contribution in [3.8, 4) is 11.5 Å². The molecule has 0 unspecified atom stereocenters. The van der Waals surface area contributed by atoms with Crippen molar-refractivity contribution in [3.05, 3.63) is 81.4 Å². The lowest BCUT2D eigenvalue weighted by Gasteiger charge is -2.63. The number of nitrogens with zero attached hydrogens (tertiary/aromatic N) is 2. The molecule has 1 spiro atoms. The number of ketones is 1. The van der Waals surface area contributed by atoms with Crippen molar-refractivity contribution in [3.63, 3.8) is 0 Å². The lowest BCUT2D eigenvalue weighted by atomic mass is 9.49. The van der Waals surface area contributed by atoms with Crippen molar-refractivity contribution < 1.29 is 24.4 Å². The van der Waals surface area contributed by atoms with Crippen molar-refractivity contribution in [1.29, 1.82) is 0 Å². The third-order valence-corrected chi connectivity index (χ3v) is 9.08. The van der Waals surface area contributed by atoms with Crippen LogP contribution in [0.15, 0.2) is 54.6 Å². The Morgan fingerprint density at radius 3 is 2.76 bits per heavy atom. The number of nitrogens with one attached hydrogen (secondary N) is 1. The molecule has 2 aromatic carbocycles. The zero-order valence-corrected chi connectivity index (χ0v) is 20.6. The van der Waals surface area contributed by atoms with Crippen LogP contribution in [0, 0.1) is 16.0 Å². The maximum Gasteiger partial charge on any atom is 0.269 e. The molecule has 2 bridgehead atoms. The Morgan fingerprint density at radius 2 is 2.03 bits per heavy atom. The van der Waals surface area contributed by atoms with Gasteiger partial charge in [-0.25, -0.2) is 0 Å². The smallest absolute Gasteiger partial charge is 0.269 e. The van der Waals surface area contributed by atoms with E-state index in [1.54, 1.807) is 24.3 Å². The van der Waals surface area contributed by atoms with Gasteiger partial charge in [-0.15, -0.1) is 0 Å². The molecule has 1 saturated carbocycles. The minimum atomic E-state index is -0.901. The Bertz CT molecular complexity index is 1440. The molecule has 2 aromatic rings. The Balaban J connectivity index is 1.30. The normalized spacial score (nSPS) is 30.7. The number of rotatable bonds is 6. The number of non-ortho nitro benzene ring substituents is 1. The molecule has 2 N–H and O–H groups in total. The van der Waals surface area contributed by atoms with E-state index in [9.17, 15) is 24.8 Å². The molecule has 2 fully saturated rings. The molecule has 7 rings (SSSR count). The van der Waals surface area contributed by atoms with Gasteiger partial charge in [0.15, 0.2) is 23.4 Å². The first-order chi connectivity index (χ1) is 18.3. The molecular formula is C29H27N3O6. The summed E-state index contributed by atoms with van der Waals surface area (Å²) in [6, 6.07) is 9.48. The lowest BCUT2D eigenvalue weighted by Crippen LogP contribution is -2.80. The summed E-state index contributed by atoms with van der Waals surface area (Å²) in [5.74, 6) is 0.543. The number of hydrogen-bond acceptors (Lipinski definition) is 7. The SMILES string of the molecule is O=C(/C=C/c1ccc([N+](=O)[O-])cc1)N[C@@]12C=CC(=O)[C@@H]3Oc4c(O)ccc5c4[C@@]31CCN(CC1CC1)[C@@H]2C5. The van der Waals surface area contributed by atoms with E-state index in [2.05, 4.69) is 10.2 Å². The zero-order valence-electron chi connectivity index (χ0n) is 20.6. The van der Waals surface area contributed by atoms with Crippen LogP contribution < -0.4 is 10.1 Å². The number of phenolic OH excluding ortho intramolecular Hbond substituents is 1. The van der Waals surface area contributed by atoms with Crippen LogP contribution in [0.25, 0.3) is 6.08 Å². The van der Waals surface area contributed by atoms with Crippen LogP contribution >= 0.6 is 0 Å². The number of carbonyl (C=O) groups is 2. The van der Waals surface area contributed by atoms with Crippen LogP contribution in [0.3, 0.4) is 0 Å². The summed E-state index contributed by atoms with van der Waals surface area (Å²) in [6.07, 6.45) is 9.34. The van der Waals surface area contributed by atoms with Gasteiger partial charge in [-0.3, -0.25) is 24.6 Å². The predicted octanol–water partition coefficient (Wildman–Crippen LogP) is 3.05. The van der Waals surface area contributed by atoms with Gasteiger partial charge in [0.05, 0.1) is 15.9 Å². The highest BCUT2D eigenvalue weighted by molar-refractivity contribution is 6.00. The summed E-state index contributed by atoms with van der Waals surface area (Å²) in [7, 11) is 0. The van der Waals surface area contributed by atoms with E-state index >= 15 is 0 Å².